The molecule has 1 unspecified atom stereocenters. The van der Waals surface area contributed by atoms with E-state index in [0.29, 0.717) is 36.0 Å². The zero-order valence-corrected chi connectivity index (χ0v) is 13.4. The van der Waals surface area contributed by atoms with Crippen molar-refractivity contribution in [1.29, 1.82) is 0 Å². The average molecular weight is 336 g/mol. The molecule has 1 aromatic carbocycles. The van der Waals surface area contributed by atoms with Crippen LogP contribution < -0.4 is 16.6 Å². The van der Waals surface area contributed by atoms with Crippen LogP contribution in [0.25, 0.3) is 10.9 Å². The van der Waals surface area contributed by atoms with E-state index in [1.165, 1.54) is 0 Å². The molecule has 3 heterocycles. The maximum absolute atomic E-state index is 12.2. The van der Waals surface area contributed by atoms with Crippen molar-refractivity contribution in [2.45, 2.75) is 13.0 Å². The fourth-order valence-corrected chi connectivity index (χ4v) is 3.38. The van der Waals surface area contributed by atoms with Crippen molar-refractivity contribution in [2.24, 2.45) is 5.92 Å². The quantitative estimate of drug-likeness (QED) is 0.735. The lowest BCUT2D eigenvalue weighted by atomic mass is 9.93. The van der Waals surface area contributed by atoms with Gasteiger partial charge in [-0.1, -0.05) is 12.1 Å². The van der Waals surface area contributed by atoms with Crippen LogP contribution >= 0.6 is 0 Å². The van der Waals surface area contributed by atoms with Gasteiger partial charge in [0.15, 0.2) is 0 Å². The molecule has 0 saturated carbocycles. The summed E-state index contributed by atoms with van der Waals surface area (Å²) in [6.45, 7) is 0.905. The number of nitrogens with one attached hydrogen (secondary N) is 2. The number of H-pyrrole nitrogens is 1. The highest BCUT2D eigenvalue weighted by molar-refractivity contribution is 5.94. The minimum absolute atomic E-state index is 0.0764. The number of carbonyl (C=O) groups excluding carboxylic acids is 1. The number of pyridine rings is 1. The summed E-state index contributed by atoms with van der Waals surface area (Å²) in [7, 11) is 0. The Morgan fingerprint density at radius 3 is 2.84 bits per heavy atom. The number of hydrogen-bond acceptors (Lipinski definition) is 4. The van der Waals surface area contributed by atoms with Crippen molar-refractivity contribution in [2.75, 3.05) is 6.54 Å². The van der Waals surface area contributed by atoms with E-state index in [4.69, 9.17) is 0 Å². The van der Waals surface area contributed by atoms with E-state index in [9.17, 15) is 14.4 Å². The summed E-state index contributed by atoms with van der Waals surface area (Å²) in [6, 6.07) is 8.77. The SMILES string of the molecule is O=C(NCC1Cc2cccc3c(=O)[nH]c(=O)n(c23)C1)c1ccncc1. The lowest BCUT2D eigenvalue weighted by Crippen LogP contribution is -2.39. The molecule has 7 nitrogen and oxygen atoms in total. The first-order chi connectivity index (χ1) is 12.1. The molecule has 7 heteroatoms. The van der Waals surface area contributed by atoms with E-state index in [-0.39, 0.29) is 17.4 Å². The topological polar surface area (TPSA) is 96.9 Å². The number of para-hydroxylation sites is 1. The minimum Gasteiger partial charge on any atom is -0.352 e. The van der Waals surface area contributed by atoms with Crippen LogP contribution in [0.5, 0.6) is 0 Å². The zero-order valence-electron chi connectivity index (χ0n) is 13.4. The predicted molar refractivity (Wildman–Crippen MR) is 92.6 cm³/mol. The van der Waals surface area contributed by atoms with Crippen LogP contribution in [0.2, 0.25) is 0 Å². The van der Waals surface area contributed by atoms with Crippen LogP contribution in [-0.2, 0) is 13.0 Å². The van der Waals surface area contributed by atoms with Gasteiger partial charge in [0.1, 0.15) is 0 Å². The van der Waals surface area contributed by atoms with Crippen LogP contribution in [0.1, 0.15) is 15.9 Å². The van der Waals surface area contributed by atoms with Crippen LogP contribution in [0.3, 0.4) is 0 Å². The molecule has 0 fully saturated rings. The molecule has 3 aromatic rings. The zero-order chi connectivity index (χ0) is 17.4. The first-order valence-corrected chi connectivity index (χ1v) is 8.06. The summed E-state index contributed by atoms with van der Waals surface area (Å²) in [5, 5.41) is 3.43. The Kier molecular flexibility index (Phi) is 3.68. The molecule has 1 atom stereocenters. The van der Waals surface area contributed by atoms with Gasteiger partial charge < -0.3 is 5.32 Å². The second kappa shape index (κ2) is 6.01. The third kappa shape index (κ3) is 2.73. The van der Waals surface area contributed by atoms with Gasteiger partial charge in [-0.2, -0.15) is 0 Å². The Bertz CT molecular complexity index is 1070. The van der Waals surface area contributed by atoms with Crippen molar-refractivity contribution in [3.05, 3.63) is 74.7 Å². The molecule has 0 saturated heterocycles. The van der Waals surface area contributed by atoms with Gasteiger partial charge in [0.25, 0.3) is 11.5 Å². The highest BCUT2D eigenvalue weighted by Gasteiger charge is 2.23. The Morgan fingerprint density at radius 2 is 2.04 bits per heavy atom. The van der Waals surface area contributed by atoms with Gasteiger partial charge >= 0.3 is 5.69 Å². The molecule has 1 aliphatic rings. The van der Waals surface area contributed by atoms with Crippen molar-refractivity contribution in [3.63, 3.8) is 0 Å². The maximum Gasteiger partial charge on any atom is 0.328 e. The lowest BCUT2D eigenvalue weighted by Gasteiger charge is -2.26. The standard InChI is InChI=1S/C18H16N4O3/c23-16(12-4-6-19-7-5-12)20-9-11-8-13-2-1-3-14-15(13)22(10-11)18(25)21-17(14)24/h1-7,11H,8-10H2,(H,20,23)(H,21,24,25). The summed E-state index contributed by atoms with van der Waals surface area (Å²) < 4.78 is 1.60. The van der Waals surface area contributed by atoms with Gasteiger partial charge in [0.05, 0.1) is 10.9 Å². The van der Waals surface area contributed by atoms with Gasteiger partial charge in [-0.15, -0.1) is 0 Å². The molecule has 4 rings (SSSR count). The van der Waals surface area contributed by atoms with Crippen LogP contribution in [0, 0.1) is 5.92 Å². The largest absolute Gasteiger partial charge is 0.352 e. The minimum atomic E-state index is -0.407. The number of carbonyl (C=O) groups is 1. The molecule has 1 amide bonds. The van der Waals surface area contributed by atoms with E-state index in [0.717, 1.165) is 5.56 Å². The smallest absolute Gasteiger partial charge is 0.328 e. The third-order valence-corrected chi connectivity index (χ3v) is 4.54. The molecule has 126 valence electrons. The highest BCUT2D eigenvalue weighted by atomic mass is 16.2. The molecular weight excluding hydrogens is 320 g/mol. The van der Waals surface area contributed by atoms with E-state index in [1.54, 1.807) is 35.2 Å². The highest BCUT2D eigenvalue weighted by Crippen LogP contribution is 2.24. The number of aromatic amines is 1. The summed E-state index contributed by atoms with van der Waals surface area (Å²) in [6.07, 6.45) is 3.85. The van der Waals surface area contributed by atoms with Gasteiger partial charge in [-0.05, 0) is 36.1 Å². The first-order valence-electron chi connectivity index (χ1n) is 8.06. The van der Waals surface area contributed by atoms with E-state index >= 15 is 0 Å². The van der Waals surface area contributed by atoms with Gasteiger partial charge in [-0.3, -0.25) is 24.1 Å². The normalized spacial score (nSPS) is 15.9. The summed E-state index contributed by atoms with van der Waals surface area (Å²) >= 11 is 0. The van der Waals surface area contributed by atoms with E-state index in [2.05, 4.69) is 15.3 Å². The van der Waals surface area contributed by atoms with Gasteiger partial charge in [0, 0.05) is 31.0 Å². The van der Waals surface area contributed by atoms with E-state index in [1.807, 2.05) is 12.1 Å². The maximum atomic E-state index is 12.2. The second-order valence-electron chi connectivity index (χ2n) is 6.20. The fraction of sp³-hybridized carbons (Fsp3) is 0.222. The molecule has 2 aromatic heterocycles. The molecule has 25 heavy (non-hydrogen) atoms. The van der Waals surface area contributed by atoms with Crippen molar-refractivity contribution >= 4 is 16.8 Å². The molecule has 0 spiro atoms. The lowest BCUT2D eigenvalue weighted by molar-refractivity contribution is 0.0945. The summed E-state index contributed by atoms with van der Waals surface area (Å²) in [4.78, 5) is 42.6. The van der Waals surface area contributed by atoms with Gasteiger partial charge in [-0.25, -0.2) is 4.79 Å². The number of aromatic nitrogens is 3. The van der Waals surface area contributed by atoms with Crippen molar-refractivity contribution in [1.82, 2.24) is 19.9 Å². The van der Waals surface area contributed by atoms with Crippen molar-refractivity contribution < 1.29 is 4.79 Å². The average Bonchev–Trinajstić information content (AvgIpc) is 2.64. The Hall–Kier alpha value is -3.22. The van der Waals surface area contributed by atoms with Crippen LogP contribution in [0.15, 0.2) is 52.3 Å². The Labute approximate surface area is 142 Å². The monoisotopic (exact) mass is 336 g/mol. The Morgan fingerprint density at radius 1 is 1.24 bits per heavy atom. The molecular formula is C18H16N4O3. The van der Waals surface area contributed by atoms with Crippen LogP contribution in [0.4, 0.5) is 0 Å². The van der Waals surface area contributed by atoms with E-state index < -0.39 is 5.69 Å². The van der Waals surface area contributed by atoms with Gasteiger partial charge in [0.2, 0.25) is 0 Å². The molecule has 0 aliphatic carbocycles. The van der Waals surface area contributed by atoms with Crippen molar-refractivity contribution in [3.8, 4) is 0 Å². The molecule has 0 bridgehead atoms. The Balaban J connectivity index is 1.58. The number of benzene rings is 1. The number of hydrogen-bond donors (Lipinski definition) is 2. The molecule has 1 aliphatic heterocycles. The first kappa shape index (κ1) is 15.3. The summed E-state index contributed by atoms with van der Waals surface area (Å²) in [5.74, 6) is -0.0901. The number of amides is 1. The fourth-order valence-electron chi connectivity index (χ4n) is 3.38. The summed E-state index contributed by atoms with van der Waals surface area (Å²) in [5.41, 5.74) is 1.44. The number of rotatable bonds is 3. The molecule has 2 N–H and O–H groups in total. The molecule has 0 radical (unpaired) electrons. The third-order valence-electron chi connectivity index (χ3n) is 4.54. The predicted octanol–water partition coefficient (Wildman–Crippen LogP) is 0.687. The van der Waals surface area contributed by atoms with Crippen LogP contribution in [-0.4, -0.2) is 27.0 Å². The second-order valence-corrected chi connectivity index (χ2v) is 6.20. The number of nitrogens with zero attached hydrogens (tertiary/aromatic N) is 2.